The highest BCUT2D eigenvalue weighted by atomic mass is 16.2. The van der Waals surface area contributed by atoms with Crippen LogP contribution in [-0.2, 0) is 4.79 Å². The molecule has 5 heteroatoms. The van der Waals surface area contributed by atoms with Gasteiger partial charge in [0.1, 0.15) is 5.69 Å². The number of benzene rings is 1. The van der Waals surface area contributed by atoms with Crippen molar-refractivity contribution in [1.82, 2.24) is 9.88 Å². The van der Waals surface area contributed by atoms with E-state index in [4.69, 9.17) is 0 Å². The molecule has 5 nitrogen and oxygen atoms in total. The molecule has 0 radical (unpaired) electrons. The van der Waals surface area contributed by atoms with Gasteiger partial charge in [-0.05, 0) is 45.0 Å². The van der Waals surface area contributed by atoms with Gasteiger partial charge >= 0.3 is 0 Å². The highest BCUT2D eigenvalue weighted by Gasteiger charge is 2.32. The molecule has 1 atom stereocenters. The Hall–Kier alpha value is -2.56. The SMILES string of the molecule is Cc1ccc(N2CC(NC(=O)c3cccn3C(C)C)CC2=O)cc1. The molecule has 0 spiro atoms. The maximum Gasteiger partial charge on any atom is 0.268 e. The first kappa shape index (κ1) is 16.3. The van der Waals surface area contributed by atoms with Gasteiger partial charge in [0.2, 0.25) is 5.91 Å². The summed E-state index contributed by atoms with van der Waals surface area (Å²) < 4.78 is 1.93. The quantitative estimate of drug-likeness (QED) is 0.940. The van der Waals surface area contributed by atoms with Gasteiger partial charge < -0.3 is 14.8 Å². The number of anilines is 1. The van der Waals surface area contributed by atoms with Crippen LogP contribution in [0.5, 0.6) is 0 Å². The smallest absolute Gasteiger partial charge is 0.268 e. The minimum Gasteiger partial charge on any atom is -0.346 e. The summed E-state index contributed by atoms with van der Waals surface area (Å²) in [6, 6.07) is 11.6. The van der Waals surface area contributed by atoms with Crippen molar-refractivity contribution >= 4 is 17.5 Å². The molecular weight excluding hydrogens is 302 g/mol. The second-order valence-electron chi connectivity index (χ2n) is 6.61. The molecule has 1 aliphatic heterocycles. The maximum atomic E-state index is 12.5. The normalized spacial score (nSPS) is 17.6. The van der Waals surface area contributed by atoms with Crippen LogP contribution in [0.2, 0.25) is 0 Å². The molecule has 0 saturated carbocycles. The van der Waals surface area contributed by atoms with Crippen molar-refractivity contribution in [1.29, 1.82) is 0 Å². The van der Waals surface area contributed by atoms with Crippen molar-refractivity contribution in [2.45, 2.75) is 39.3 Å². The largest absolute Gasteiger partial charge is 0.346 e. The summed E-state index contributed by atoms with van der Waals surface area (Å²) in [4.78, 5) is 26.5. The Bertz CT molecular complexity index is 746. The van der Waals surface area contributed by atoms with E-state index in [1.807, 2.05) is 67.9 Å². The Balaban J connectivity index is 1.69. The molecule has 0 bridgehead atoms. The van der Waals surface area contributed by atoms with E-state index in [1.54, 1.807) is 4.90 Å². The van der Waals surface area contributed by atoms with E-state index in [9.17, 15) is 9.59 Å². The monoisotopic (exact) mass is 325 g/mol. The molecule has 1 fully saturated rings. The molecule has 1 aliphatic rings. The summed E-state index contributed by atoms with van der Waals surface area (Å²) in [6.07, 6.45) is 2.24. The maximum absolute atomic E-state index is 12.5. The third-order valence-corrected chi connectivity index (χ3v) is 4.37. The summed E-state index contributed by atoms with van der Waals surface area (Å²) in [7, 11) is 0. The summed E-state index contributed by atoms with van der Waals surface area (Å²) in [5.74, 6) is -0.0827. The molecule has 1 saturated heterocycles. The number of rotatable bonds is 4. The molecule has 1 N–H and O–H groups in total. The average molecular weight is 325 g/mol. The standard InChI is InChI=1S/C19H23N3O2/c1-13(2)21-10-4-5-17(21)19(24)20-15-11-18(23)22(12-15)16-8-6-14(3)7-9-16/h4-10,13,15H,11-12H2,1-3H3,(H,20,24). The highest BCUT2D eigenvalue weighted by molar-refractivity contribution is 5.98. The zero-order valence-electron chi connectivity index (χ0n) is 14.3. The van der Waals surface area contributed by atoms with Crippen LogP contribution in [0, 0.1) is 6.92 Å². The lowest BCUT2D eigenvalue weighted by Gasteiger charge is -2.18. The van der Waals surface area contributed by atoms with Crippen LogP contribution in [0.4, 0.5) is 5.69 Å². The zero-order valence-corrected chi connectivity index (χ0v) is 14.3. The van der Waals surface area contributed by atoms with Gasteiger partial charge in [0.25, 0.3) is 5.91 Å². The van der Waals surface area contributed by atoms with E-state index in [-0.39, 0.29) is 23.9 Å². The first-order valence-corrected chi connectivity index (χ1v) is 8.30. The van der Waals surface area contributed by atoms with Crippen molar-refractivity contribution in [2.24, 2.45) is 0 Å². The summed E-state index contributed by atoms with van der Waals surface area (Å²) in [5.41, 5.74) is 2.67. The van der Waals surface area contributed by atoms with Gasteiger partial charge in [-0.1, -0.05) is 17.7 Å². The van der Waals surface area contributed by atoms with Crippen LogP contribution in [0.3, 0.4) is 0 Å². The van der Waals surface area contributed by atoms with Gasteiger partial charge in [0.05, 0.1) is 6.04 Å². The van der Waals surface area contributed by atoms with Crippen molar-refractivity contribution < 1.29 is 9.59 Å². The second-order valence-corrected chi connectivity index (χ2v) is 6.61. The van der Waals surface area contributed by atoms with Crippen molar-refractivity contribution in [3.63, 3.8) is 0 Å². The van der Waals surface area contributed by atoms with E-state index in [0.717, 1.165) is 11.3 Å². The Morgan fingerprint density at radius 3 is 2.58 bits per heavy atom. The summed E-state index contributed by atoms with van der Waals surface area (Å²) >= 11 is 0. The number of nitrogens with zero attached hydrogens (tertiary/aromatic N) is 2. The predicted molar refractivity (Wildman–Crippen MR) is 94.2 cm³/mol. The Morgan fingerprint density at radius 1 is 1.21 bits per heavy atom. The number of aryl methyl sites for hydroxylation is 1. The number of carbonyl (C=O) groups is 2. The molecule has 0 aliphatic carbocycles. The van der Waals surface area contributed by atoms with E-state index in [1.165, 1.54) is 0 Å². The van der Waals surface area contributed by atoms with E-state index in [0.29, 0.717) is 18.7 Å². The Morgan fingerprint density at radius 2 is 1.92 bits per heavy atom. The van der Waals surface area contributed by atoms with Crippen LogP contribution in [-0.4, -0.2) is 29.0 Å². The van der Waals surface area contributed by atoms with Crippen LogP contribution in [0.15, 0.2) is 42.6 Å². The fourth-order valence-corrected chi connectivity index (χ4v) is 3.07. The van der Waals surface area contributed by atoms with Crippen LogP contribution in [0.25, 0.3) is 0 Å². The highest BCUT2D eigenvalue weighted by Crippen LogP contribution is 2.22. The molecule has 2 aromatic rings. The third-order valence-electron chi connectivity index (χ3n) is 4.37. The van der Waals surface area contributed by atoms with E-state index in [2.05, 4.69) is 5.32 Å². The average Bonchev–Trinajstić information content (AvgIpc) is 3.15. The van der Waals surface area contributed by atoms with Crippen LogP contribution in [0.1, 0.15) is 42.4 Å². The second kappa shape index (κ2) is 6.51. The lowest BCUT2D eigenvalue weighted by molar-refractivity contribution is -0.117. The van der Waals surface area contributed by atoms with E-state index < -0.39 is 0 Å². The minimum atomic E-state index is -0.165. The number of aromatic nitrogens is 1. The number of hydrogen-bond acceptors (Lipinski definition) is 2. The van der Waals surface area contributed by atoms with E-state index >= 15 is 0 Å². The van der Waals surface area contributed by atoms with Crippen molar-refractivity contribution in [3.8, 4) is 0 Å². The van der Waals surface area contributed by atoms with Gasteiger partial charge in [-0.15, -0.1) is 0 Å². The number of nitrogens with one attached hydrogen (secondary N) is 1. The molecule has 1 aromatic carbocycles. The molecule has 2 heterocycles. The van der Waals surface area contributed by atoms with Gasteiger partial charge in [-0.3, -0.25) is 9.59 Å². The topological polar surface area (TPSA) is 54.3 Å². The lowest BCUT2D eigenvalue weighted by Crippen LogP contribution is -2.38. The fraction of sp³-hybridized carbons (Fsp3) is 0.368. The predicted octanol–water partition coefficient (Wildman–Crippen LogP) is 2.91. The number of hydrogen-bond donors (Lipinski definition) is 1. The van der Waals surface area contributed by atoms with Gasteiger partial charge in [0, 0.05) is 30.9 Å². The van der Waals surface area contributed by atoms with Gasteiger partial charge in [-0.25, -0.2) is 0 Å². The minimum absolute atomic E-state index is 0.0448. The summed E-state index contributed by atoms with van der Waals surface area (Å²) in [6.45, 7) is 6.60. The first-order chi connectivity index (χ1) is 11.5. The lowest BCUT2D eigenvalue weighted by atomic mass is 10.2. The zero-order chi connectivity index (χ0) is 17.3. The molecular formula is C19H23N3O2. The summed E-state index contributed by atoms with van der Waals surface area (Å²) in [5, 5.41) is 3.00. The number of amides is 2. The number of carbonyl (C=O) groups excluding carboxylic acids is 2. The van der Waals surface area contributed by atoms with Crippen LogP contribution < -0.4 is 10.2 Å². The van der Waals surface area contributed by atoms with Crippen molar-refractivity contribution in [3.05, 3.63) is 53.9 Å². The first-order valence-electron chi connectivity index (χ1n) is 8.30. The molecule has 1 aromatic heterocycles. The molecule has 1 unspecified atom stereocenters. The van der Waals surface area contributed by atoms with Crippen LogP contribution >= 0.6 is 0 Å². The molecule has 2 amide bonds. The third kappa shape index (κ3) is 3.20. The molecule has 24 heavy (non-hydrogen) atoms. The molecule has 126 valence electrons. The Kier molecular flexibility index (Phi) is 4.42. The fourth-order valence-electron chi connectivity index (χ4n) is 3.07. The molecule has 3 rings (SSSR count). The van der Waals surface area contributed by atoms with Gasteiger partial charge in [-0.2, -0.15) is 0 Å². The van der Waals surface area contributed by atoms with Crippen molar-refractivity contribution in [2.75, 3.05) is 11.4 Å². The Labute approximate surface area is 142 Å². The van der Waals surface area contributed by atoms with Gasteiger partial charge in [0.15, 0.2) is 0 Å².